The largest absolute Gasteiger partial charge is 0.409 e. The molecule has 94 valence electrons. The van der Waals surface area contributed by atoms with Gasteiger partial charge in [-0.25, -0.2) is 4.98 Å². The first-order chi connectivity index (χ1) is 8.61. The molecule has 0 spiro atoms. The Labute approximate surface area is 117 Å². The van der Waals surface area contributed by atoms with Crippen molar-refractivity contribution in [3.63, 3.8) is 0 Å². The van der Waals surface area contributed by atoms with Crippen LogP contribution in [0.15, 0.2) is 50.3 Å². The van der Waals surface area contributed by atoms with Crippen molar-refractivity contribution in [2.75, 3.05) is 0 Å². The second kappa shape index (κ2) is 5.45. The molecule has 1 aromatic carbocycles. The van der Waals surface area contributed by atoms with Crippen molar-refractivity contribution < 1.29 is 5.21 Å². The number of nitrogens with two attached hydrogens (primary N) is 1. The number of rotatable bonds is 3. The lowest BCUT2D eigenvalue weighted by Gasteiger charge is -2.08. The van der Waals surface area contributed by atoms with Crippen LogP contribution in [0.2, 0.25) is 0 Å². The van der Waals surface area contributed by atoms with Crippen LogP contribution < -0.4 is 5.73 Å². The summed E-state index contributed by atoms with van der Waals surface area (Å²) in [6, 6.07) is 5.61. The monoisotopic (exact) mass is 326 g/mol. The first kappa shape index (κ1) is 13.0. The molecule has 5 nitrogen and oxygen atoms in total. The normalized spacial score (nSPS) is 11.8. The molecular weight excluding hydrogens is 316 g/mol. The summed E-state index contributed by atoms with van der Waals surface area (Å²) in [5.41, 5.74) is 6.34. The van der Waals surface area contributed by atoms with Gasteiger partial charge in [-0.15, -0.1) is 0 Å². The fourth-order valence-corrected chi connectivity index (χ4v) is 2.68. The highest BCUT2D eigenvalue weighted by Gasteiger charge is 2.11. The highest BCUT2D eigenvalue weighted by atomic mass is 79.9. The molecule has 0 fully saturated rings. The maximum Gasteiger partial charge on any atom is 0.172 e. The number of imidazole rings is 1. The van der Waals surface area contributed by atoms with Crippen molar-refractivity contribution >= 4 is 33.5 Å². The standard InChI is InChI=1S/C11H11BrN4OS/c1-16-5-4-14-11(16)18-9-3-2-7(12)6-8(9)10(13)15-17/h2-6,17H,1H3,(H2,13,15). The van der Waals surface area contributed by atoms with Crippen molar-refractivity contribution in [2.24, 2.45) is 17.9 Å². The zero-order valence-corrected chi connectivity index (χ0v) is 11.9. The second-order valence-electron chi connectivity index (χ2n) is 3.55. The summed E-state index contributed by atoms with van der Waals surface area (Å²) < 4.78 is 2.77. The third-order valence-electron chi connectivity index (χ3n) is 2.30. The molecule has 7 heteroatoms. The molecule has 3 N–H and O–H groups in total. The topological polar surface area (TPSA) is 76.4 Å². The van der Waals surface area contributed by atoms with Crippen LogP contribution >= 0.6 is 27.7 Å². The number of hydrogen-bond donors (Lipinski definition) is 2. The van der Waals surface area contributed by atoms with Crippen LogP contribution in [-0.4, -0.2) is 20.6 Å². The molecule has 0 aliphatic carbocycles. The van der Waals surface area contributed by atoms with E-state index in [0.717, 1.165) is 14.5 Å². The highest BCUT2D eigenvalue weighted by molar-refractivity contribution is 9.10. The Hall–Kier alpha value is -1.47. The van der Waals surface area contributed by atoms with E-state index in [-0.39, 0.29) is 5.84 Å². The van der Waals surface area contributed by atoms with Gasteiger partial charge in [0, 0.05) is 34.4 Å². The summed E-state index contributed by atoms with van der Waals surface area (Å²) in [5, 5.41) is 12.7. The van der Waals surface area contributed by atoms with Gasteiger partial charge < -0.3 is 15.5 Å². The molecule has 1 aromatic heterocycles. The lowest BCUT2D eigenvalue weighted by atomic mass is 10.2. The van der Waals surface area contributed by atoms with Crippen LogP contribution in [0.5, 0.6) is 0 Å². The van der Waals surface area contributed by atoms with Gasteiger partial charge in [0.15, 0.2) is 11.0 Å². The molecule has 18 heavy (non-hydrogen) atoms. The molecule has 0 atom stereocenters. The minimum absolute atomic E-state index is 0.0769. The predicted molar refractivity (Wildman–Crippen MR) is 74.0 cm³/mol. The Morgan fingerprint density at radius 2 is 2.33 bits per heavy atom. The molecule has 2 rings (SSSR count). The van der Waals surface area contributed by atoms with Crippen molar-refractivity contribution in [2.45, 2.75) is 10.1 Å². The first-order valence-corrected chi connectivity index (χ1v) is 6.65. The maximum atomic E-state index is 8.80. The molecule has 0 saturated carbocycles. The van der Waals surface area contributed by atoms with E-state index in [2.05, 4.69) is 26.1 Å². The minimum atomic E-state index is 0.0769. The van der Waals surface area contributed by atoms with E-state index in [1.165, 1.54) is 11.8 Å². The lowest BCUT2D eigenvalue weighted by Crippen LogP contribution is -2.14. The summed E-state index contributed by atoms with van der Waals surface area (Å²) in [7, 11) is 1.91. The van der Waals surface area contributed by atoms with Crippen LogP contribution in [0.4, 0.5) is 0 Å². The molecule has 0 aliphatic rings. The van der Waals surface area contributed by atoms with Gasteiger partial charge in [0.2, 0.25) is 0 Å². The van der Waals surface area contributed by atoms with E-state index in [1.807, 2.05) is 29.9 Å². The van der Waals surface area contributed by atoms with E-state index in [9.17, 15) is 0 Å². The van der Waals surface area contributed by atoms with Gasteiger partial charge in [0.1, 0.15) is 0 Å². The fraction of sp³-hybridized carbons (Fsp3) is 0.0909. The number of benzene rings is 1. The molecule has 0 radical (unpaired) electrons. The molecule has 0 unspecified atom stereocenters. The van der Waals surface area contributed by atoms with Gasteiger partial charge in [0.05, 0.1) is 0 Å². The third-order valence-corrected chi connectivity index (χ3v) is 3.95. The van der Waals surface area contributed by atoms with Crippen molar-refractivity contribution in [1.29, 1.82) is 0 Å². The van der Waals surface area contributed by atoms with Crippen LogP contribution in [0, 0.1) is 0 Å². The van der Waals surface area contributed by atoms with Crippen LogP contribution in [0.1, 0.15) is 5.56 Å². The predicted octanol–water partition coefficient (Wildman–Crippen LogP) is 2.43. The minimum Gasteiger partial charge on any atom is -0.409 e. The fourth-order valence-electron chi connectivity index (χ4n) is 1.39. The van der Waals surface area contributed by atoms with E-state index >= 15 is 0 Å². The van der Waals surface area contributed by atoms with Crippen molar-refractivity contribution in [3.05, 3.63) is 40.6 Å². The summed E-state index contributed by atoms with van der Waals surface area (Å²) in [6.07, 6.45) is 3.59. The number of amidine groups is 1. The van der Waals surface area contributed by atoms with E-state index in [1.54, 1.807) is 12.3 Å². The molecule has 0 aliphatic heterocycles. The van der Waals surface area contributed by atoms with Gasteiger partial charge in [0.25, 0.3) is 0 Å². The number of hydrogen-bond acceptors (Lipinski definition) is 4. The number of aryl methyl sites for hydroxylation is 1. The molecular formula is C11H11BrN4OS. The number of oxime groups is 1. The Kier molecular flexibility index (Phi) is 3.93. The van der Waals surface area contributed by atoms with Crippen LogP contribution in [0.25, 0.3) is 0 Å². The van der Waals surface area contributed by atoms with Gasteiger partial charge in [-0.1, -0.05) is 32.8 Å². The van der Waals surface area contributed by atoms with Gasteiger partial charge >= 0.3 is 0 Å². The molecule has 0 bridgehead atoms. The van der Waals surface area contributed by atoms with Gasteiger partial charge in [-0.05, 0) is 18.2 Å². The Morgan fingerprint density at radius 3 is 2.94 bits per heavy atom. The Balaban J connectivity index is 2.42. The number of aromatic nitrogens is 2. The lowest BCUT2D eigenvalue weighted by molar-refractivity contribution is 0.318. The SMILES string of the molecule is Cn1ccnc1Sc1ccc(Br)cc1/C(N)=N/O. The van der Waals surface area contributed by atoms with Crippen LogP contribution in [0.3, 0.4) is 0 Å². The van der Waals surface area contributed by atoms with Gasteiger partial charge in [-0.3, -0.25) is 0 Å². The third kappa shape index (κ3) is 2.68. The molecule has 0 saturated heterocycles. The molecule has 2 aromatic rings. The van der Waals surface area contributed by atoms with Crippen LogP contribution in [-0.2, 0) is 7.05 Å². The van der Waals surface area contributed by atoms with Gasteiger partial charge in [-0.2, -0.15) is 0 Å². The quantitative estimate of drug-likeness (QED) is 0.393. The van der Waals surface area contributed by atoms with E-state index in [0.29, 0.717) is 5.56 Å². The zero-order valence-electron chi connectivity index (χ0n) is 9.54. The smallest absolute Gasteiger partial charge is 0.172 e. The molecule has 1 heterocycles. The summed E-state index contributed by atoms with van der Waals surface area (Å²) in [4.78, 5) is 5.11. The maximum absolute atomic E-state index is 8.80. The summed E-state index contributed by atoms with van der Waals surface area (Å²) in [5.74, 6) is 0.0769. The Morgan fingerprint density at radius 1 is 1.56 bits per heavy atom. The van der Waals surface area contributed by atoms with E-state index in [4.69, 9.17) is 10.9 Å². The summed E-state index contributed by atoms with van der Waals surface area (Å²) in [6.45, 7) is 0. The number of nitrogens with zero attached hydrogens (tertiary/aromatic N) is 3. The first-order valence-electron chi connectivity index (χ1n) is 5.04. The summed E-state index contributed by atoms with van der Waals surface area (Å²) >= 11 is 4.82. The highest BCUT2D eigenvalue weighted by Crippen LogP contribution is 2.30. The number of halogens is 1. The second-order valence-corrected chi connectivity index (χ2v) is 5.47. The van der Waals surface area contributed by atoms with Crippen molar-refractivity contribution in [3.8, 4) is 0 Å². The average molecular weight is 327 g/mol. The van der Waals surface area contributed by atoms with E-state index < -0.39 is 0 Å². The van der Waals surface area contributed by atoms with Crippen molar-refractivity contribution in [1.82, 2.24) is 9.55 Å². The zero-order chi connectivity index (χ0) is 13.1. The Bertz CT molecular complexity index is 596. The molecule has 0 amide bonds. The average Bonchev–Trinajstić information content (AvgIpc) is 2.76.